The summed E-state index contributed by atoms with van der Waals surface area (Å²) in [5, 5.41) is 2.87. The number of amides is 2. The highest BCUT2D eigenvalue weighted by atomic mass is 16.2. The van der Waals surface area contributed by atoms with Crippen LogP contribution in [0.4, 0.5) is 5.69 Å². The first-order valence-electron chi connectivity index (χ1n) is 10.5. The molecule has 0 unspecified atom stereocenters. The summed E-state index contributed by atoms with van der Waals surface area (Å²) >= 11 is 0. The van der Waals surface area contributed by atoms with E-state index in [2.05, 4.69) is 41.4 Å². The van der Waals surface area contributed by atoms with Gasteiger partial charge in [-0.3, -0.25) is 19.4 Å². The predicted molar refractivity (Wildman–Crippen MR) is 120 cm³/mol. The summed E-state index contributed by atoms with van der Waals surface area (Å²) in [5.74, 6) is -0.0343. The monoisotopic (exact) mass is 408 g/mol. The molecule has 160 valence electrons. The molecule has 0 aromatic heterocycles. The van der Waals surface area contributed by atoms with E-state index >= 15 is 0 Å². The van der Waals surface area contributed by atoms with Crippen molar-refractivity contribution in [3.05, 3.63) is 65.2 Å². The lowest BCUT2D eigenvalue weighted by molar-refractivity contribution is -0.134. The number of nitrogens with one attached hydrogen (secondary N) is 1. The van der Waals surface area contributed by atoms with Gasteiger partial charge in [0.15, 0.2) is 0 Å². The zero-order chi connectivity index (χ0) is 21.5. The molecule has 1 saturated heterocycles. The lowest BCUT2D eigenvalue weighted by atomic mass is 10.1. The number of hydrogen-bond donors (Lipinski definition) is 1. The first kappa shape index (κ1) is 22.0. The van der Waals surface area contributed by atoms with Crippen LogP contribution in [0.25, 0.3) is 0 Å². The Balaban J connectivity index is 1.39. The molecule has 2 aromatic carbocycles. The van der Waals surface area contributed by atoms with Crippen LogP contribution >= 0.6 is 0 Å². The standard InChI is InChI=1S/C24H32N4O2/c1-19-7-9-22(10-8-19)25-23(29)17-26(3)18-24(30)28-13-11-27(12-14-28)16-21-6-4-5-20(2)15-21/h4-10,15H,11-14,16-18H2,1-3H3,(H,25,29). The molecule has 0 aliphatic carbocycles. The molecular formula is C24H32N4O2. The smallest absolute Gasteiger partial charge is 0.238 e. The molecule has 2 amide bonds. The van der Waals surface area contributed by atoms with Crippen molar-refractivity contribution in [2.75, 3.05) is 51.6 Å². The highest BCUT2D eigenvalue weighted by Gasteiger charge is 2.22. The van der Waals surface area contributed by atoms with Crippen LogP contribution in [0.15, 0.2) is 48.5 Å². The van der Waals surface area contributed by atoms with Crippen molar-refractivity contribution in [1.82, 2.24) is 14.7 Å². The van der Waals surface area contributed by atoms with Crippen molar-refractivity contribution in [3.63, 3.8) is 0 Å². The maximum Gasteiger partial charge on any atom is 0.238 e. The largest absolute Gasteiger partial charge is 0.339 e. The highest BCUT2D eigenvalue weighted by molar-refractivity contribution is 5.92. The second-order valence-corrected chi connectivity index (χ2v) is 8.23. The van der Waals surface area contributed by atoms with Crippen molar-refractivity contribution in [3.8, 4) is 0 Å². The molecular weight excluding hydrogens is 376 g/mol. The summed E-state index contributed by atoms with van der Waals surface area (Å²) in [6.07, 6.45) is 0. The number of anilines is 1. The summed E-state index contributed by atoms with van der Waals surface area (Å²) in [5.41, 5.74) is 4.51. The lowest BCUT2D eigenvalue weighted by Gasteiger charge is -2.35. The number of likely N-dealkylation sites (N-methyl/N-ethyl adjacent to an activating group) is 1. The van der Waals surface area contributed by atoms with Crippen molar-refractivity contribution in [2.45, 2.75) is 20.4 Å². The highest BCUT2D eigenvalue weighted by Crippen LogP contribution is 2.11. The molecule has 6 heteroatoms. The number of rotatable bonds is 7. The second-order valence-electron chi connectivity index (χ2n) is 8.23. The van der Waals surface area contributed by atoms with E-state index in [1.165, 1.54) is 11.1 Å². The molecule has 0 saturated carbocycles. The second kappa shape index (κ2) is 10.4. The van der Waals surface area contributed by atoms with Gasteiger partial charge in [0.05, 0.1) is 13.1 Å². The van der Waals surface area contributed by atoms with Gasteiger partial charge in [0.2, 0.25) is 11.8 Å². The van der Waals surface area contributed by atoms with E-state index in [0.717, 1.165) is 44.0 Å². The maximum atomic E-state index is 12.6. The van der Waals surface area contributed by atoms with E-state index in [1.807, 2.05) is 36.1 Å². The summed E-state index contributed by atoms with van der Waals surface area (Å²) in [6.45, 7) is 8.68. The number of carbonyl (C=O) groups is 2. The number of hydrogen-bond acceptors (Lipinski definition) is 4. The normalized spacial score (nSPS) is 14.7. The Kier molecular flexibility index (Phi) is 7.60. The molecule has 1 fully saturated rings. The third-order valence-corrected chi connectivity index (χ3v) is 5.37. The predicted octanol–water partition coefficient (Wildman–Crippen LogP) is 2.52. The minimum absolute atomic E-state index is 0.0795. The third-order valence-electron chi connectivity index (χ3n) is 5.37. The van der Waals surface area contributed by atoms with Gasteiger partial charge in [0.1, 0.15) is 0 Å². The minimum atomic E-state index is -0.114. The summed E-state index contributed by atoms with van der Waals surface area (Å²) in [7, 11) is 1.81. The van der Waals surface area contributed by atoms with Gasteiger partial charge in [-0.05, 0) is 38.6 Å². The van der Waals surface area contributed by atoms with Gasteiger partial charge in [0.25, 0.3) is 0 Å². The van der Waals surface area contributed by atoms with Crippen LogP contribution in [0.3, 0.4) is 0 Å². The average molecular weight is 409 g/mol. The molecule has 0 atom stereocenters. The van der Waals surface area contributed by atoms with Gasteiger partial charge in [-0.15, -0.1) is 0 Å². The fourth-order valence-corrected chi connectivity index (χ4v) is 3.69. The molecule has 0 radical (unpaired) electrons. The number of piperazine rings is 1. The molecule has 1 aliphatic rings. The number of benzene rings is 2. The van der Waals surface area contributed by atoms with Crippen LogP contribution in [0.1, 0.15) is 16.7 Å². The van der Waals surface area contributed by atoms with Crippen molar-refractivity contribution in [2.24, 2.45) is 0 Å². The average Bonchev–Trinajstić information content (AvgIpc) is 2.70. The first-order valence-corrected chi connectivity index (χ1v) is 10.5. The van der Waals surface area contributed by atoms with E-state index in [-0.39, 0.29) is 24.9 Å². The molecule has 6 nitrogen and oxygen atoms in total. The Bertz CT molecular complexity index is 858. The molecule has 1 heterocycles. The SMILES string of the molecule is Cc1ccc(NC(=O)CN(C)CC(=O)N2CCN(Cc3cccc(C)c3)CC2)cc1. The molecule has 1 aliphatic heterocycles. The molecule has 3 rings (SSSR count). The van der Waals surface area contributed by atoms with Gasteiger partial charge in [-0.25, -0.2) is 0 Å². The molecule has 2 aromatic rings. The van der Waals surface area contributed by atoms with Crippen LogP contribution in [0, 0.1) is 13.8 Å². The van der Waals surface area contributed by atoms with Crippen LogP contribution in [0.2, 0.25) is 0 Å². The molecule has 0 bridgehead atoms. The van der Waals surface area contributed by atoms with Crippen LogP contribution in [0.5, 0.6) is 0 Å². The fourth-order valence-electron chi connectivity index (χ4n) is 3.69. The number of aryl methyl sites for hydroxylation is 2. The summed E-state index contributed by atoms with van der Waals surface area (Å²) in [4.78, 5) is 30.9. The quantitative estimate of drug-likeness (QED) is 0.765. The van der Waals surface area contributed by atoms with Crippen LogP contribution in [-0.4, -0.2) is 72.8 Å². The van der Waals surface area contributed by atoms with Gasteiger partial charge in [-0.1, -0.05) is 47.5 Å². The van der Waals surface area contributed by atoms with Crippen molar-refractivity contribution >= 4 is 17.5 Å². The lowest BCUT2D eigenvalue weighted by Crippen LogP contribution is -2.51. The number of nitrogens with zero attached hydrogens (tertiary/aromatic N) is 3. The van der Waals surface area contributed by atoms with Gasteiger partial charge >= 0.3 is 0 Å². The zero-order valence-corrected chi connectivity index (χ0v) is 18.2. The molecule has 1 N–H and O–H groups in total. The van der Waals surface area contributed by atoms with E-state index < -0.39 is 0 Å². The van der Waals surface area contributed by atoms with E-state index in [1.54, 1.807) is 11.9 Å². The Hall–Kier alpha value is -2.70. The van der Waals surface area contributed by atoms with Gasteiger partial charge in [-0.2, -0.15) is 0 Å². The Morgan fingerprint density at radius 3 is 2.30 bits per heavy atom. The molecule has 0 spiro atoms. The maximum absolute atomic E-state index is 12.6. The van der Waals surface area contributed by atoms with Gasteiger partial charge in [0, 0.05) is 38.4 Å². The summed E-state index contributed by atoms with van der Waals surface area (Å²) in [6, 6.07) is 16.3. The van der Waals surface area contributed by atoms with Gasteiger partial charge < -0.3 is 10.2 Å². The Morgan fingerprint density at radius 2 is 1.63 bits per heavy atom. The van der Waals surface area contributed by atoms with E-state index in [0.29, 0.717) is 0 Å². The third kappa shape index (κ3) is 6.68. The van der Waals surface area contributed by atoms with Crippen LogP contribution in [-0.2, 0) is 16.1 Å². The van der Waals surface area contributed by atoms with Crippen LogP contribution < -0.4 is 5.32 Å². The van der Waals surface area contributed by atoms with Crippen molar-refractivity contribution < 1.29 is 9.59 Å². The first-order chi connectivity index (χ1) is 14.4. The zero-order valence-electron chi connectivity index (χ0n) is 18.2. The topological polar surface area (TPSA) is 55.9 Å². The van der Waals surface area contributed by atoms with E-state index in [4.69, 9.17) is 0 Å². The van der Waals surface area contributed by atoms with Crippen molar-refractivity contribution in [1.29, 1.82) is 0 Å². The summed E-state index contributed by atoms with van der Waals surface area (Å²) < 4.78 is 0. The fraction of sp³-hybridized carbons (Fsp3) is 0.417. The van der Waals surface area contributed by atoms with E-state index in [9.17, 15) is 9.59 Å². The Morgan fingerprint density at radius 1 is 0.933 bits per heavy atom. The molecule has 30 heavy (non-hydrogen) atoms. The minimum Gasteiger partial charge on any atom is -0.339 e. The number of carbonyl (C=O) groups excluding carboxylic acids is 2. The Labute approximate surface area is 179 Å².